The fourth-order valence-corrected chi connectivity index (χ4v) is 3.50. The standard InChI is InChI=1S/C11H12ClIN2S/c1-7-4-5-16-11(14-7)15-10-3-2-8(12)6-9(10)13/h2-3,6-7H,4-5H2,1H3,(H,14,15). The third kappa shape index (κ3) is 3.28. The molecule has 0 spiro atoms. The lowest BCUT2D eigenvalue weighted by molar-refractivity contribution is 0.720. The minimum absolute atomic E-state index is 0.425. The second kappa shape index (κ2) is 5.60. The summed E-state index contributed by atoms with van der Waals surface area (Å²) >= 11 is 9.97. The highest BCUT2D eigenvalue weighted by Gasteiger charge is 2.12. The highest BCUT2D eigenvalue weighted by molar-refractivity contribution is 14.1. The Morgan fingerprint density at radius 3 is 3.06 bits per heavy atom. The smallest absolute Gasteiger partial charge is 0.161 e. The molecule has 1 heterocycles. The maximum Gasteiger partial charge on any atom is 0.161 e. The van der Waals surface area contributed by atoms with Crippen LogP contribution in [0.2, 0.25) is 5.02 Å². The van der Waals surface area contributed by atoms with E-state index in [4.69, 9.17) is 11.6 Å². The molecule has 86 valence electrons. The predicted molar refractivity (Wildman–Crippen MR) is 81.8 cm³/mol. The molecule has 1 aromatic rings. The second-order valence-corrected chi connectivity index (χ2v) is 6.35. The molecule has 1 atom stereocenters. The van der Waals surface area contributed by atoms with E-state index in [1.54, 1.807) is 11.8 Å². The average Bonchev–Trinajstić information content (AvgIpc) is 2.22. The molecule has 0 bridgehead atoms. The van der Waals surface area contributed by atoms with Gasteiger partial charge in [-0.3, -0.25) is 4.99 Å². The van der Waals surface area contributed by atoms with Crippen molar-refractivity contribution in [1.29, 1.82) is 0 Å². The molecule has 0 aliphatic carbocycles. The first-order chi connectivity index (χ1) is 7.65. The van der Waals surface area contributed by atoms with Crippen LogP contribution in [0.5, 0.6) is 0 Å². The van der Waals surface area contributed by atoms with E-state index >= 15 is 0 Å². The maximum absolute atomic E-state index is 5.91. The van der Waals surface area contributed by atoms with Gasteiger partial charge < -0.3 is 5.32 Å². The first kappa shape index (κ1) is 12.5. The van der Waals surface area contributed by atoms with Crippen LogP contribution in [0.15, 0.2) is 23.2 Å². The summed E-state index contributed by atoms with van der Waals surface area (Å²) in [6.45, 7) is 2.15. The van der Waals surface area contributed by atoms with Gasteiger partial charge in [0.25, 0.3) is 0 Å². The molecular formula is C11H12ClIN2S. The Hall–Kier alpha value is 0.0600. The molecule has 1 N–H and O–H groups in total. The van der Waals surface area contributed by atoms with Gasteiger partial charge >= 0.3 is 0 Å². The van der Waals surface area contributed by atoms with Crippen LogP contribution in [0.3, 0.4) is 0 Å². The minimum Gasteiger partial charge on any atom is -0.334 e. The molecule has 5 heteroatoms. The number of anilines is 1. The van der Waals surface area contributed by atoms with Gasteiger partial charge in [-0.25, -0.2) is 0 Å². The molecule has 2 nitrogen and oxygen atoms in total. The van der Waals surface area contributed by atoms with Crippen LogP contribution < -0.4 is 5.32 Å². The number of thioether (sulfide) groups is 1. The third-order valence-corrected chi connectivity index (χ3v) is 4.33. The summed E-state index contributed by atoms with van der Waals surface area (Å²) in [6, 6.07) is 6.26. The van der Waals surface area contributed by atoms with Crippen LogP contribution in [0.25, 0.3) is 0 Å². The Balaban J connectivity index is 2.14. The van der Waals surface area contributed by atoms with Crippen LogP contribution in [-0.2, 0) is 0 Å². The lowest BCUT2D eigenvalue weighted by Gasteiger charge is -2.18. The summed E-state index contributed by atoms with van der Waals surface area (Å²) in [5, 5.41) is 5.13. The van der Waals surface area contributed by atoms with Gasteiger partial charge in [0, 0.05) is 14.3 Å². The van der Waals surface area contributed by atoms with Crippen LogP contribution in [0, 0.1) is 3.57 Å². The Labute approximate surface area is 118 Å². The van der Waals surface area contributed by atoms with Crippen LogP contribution in [0.1, 0.15) is 13.3 Å². The van der Waals surface area contributed by atoms with Gasteiger partial charge in [-0.1, -0.05) is 23.4 Å². The SMILES string of the molecule is CC1CCSC(Nc2ccc(Cl)cc2I)=N1. The van der Waals surface area contributed by atoms with E-state index in [2.05, 4.69) is 39.8 Å². The summed E-state index contributed by atoms with van der Waals surface area (Å²) in [4.78, 5) is 4.57. The minimum atomic E-state index is 0.425. The zero-order chi connectivity index (χ0) is 11.5. The van der Waals surface area contributed by atoms with Crippen molar-refractivity contribution in [2.24, 2.45) is 4.99 Å². The van der Waals surface area contributed by atoms with Gasteiger partial charge in [0.05, 0.1) is 11.7 Å². The summed E-state index contributed by atoms with van der Waals surface area (Å²) < 4.78 is 1.12. The van der Waals surface area contributed by atoms with Gasteiger partial charge in [0.2, 0.25) is 0 Å². The second-order valence-electron chi connectivity index (χ2n) is 3.67. The number of benzene rings is 1. The van der Waals surface area contributed by atoms with Gasteiger partial charge in [-0.15, -0.1) is 0 Å². The number of rotatable bonds is 1. The molecule has 0 aromatic heterocycles. The molecule has 0 radical (unpaired) electrons. The summed E-state index contributed by atoms with van der Waals surface area (Å²) in [5.74, 6) is 1.14. The van der Waals surface area contributed by atoms with Crippen molar-refractivity contribution in [1.82, 2.24) is 0 Å². The molecule has 0 saturated heterocycles. The summed E-state index contributed by atoms with van der Waals surface area (Å²) in [6.07, 6.45) is 1.16. The number of aliphatic imine (C=N–C) groups is 1. The van der Waals surface area contributed by atoms with Crippen molar-refractivity contribution in [3.8, 4) is 0 Å². The topological polar surface area (TPSA) is 24.4 Å². The number of amidine groups is 1. The fourth-order valence-electron chi connectivity index (χ4n) is 1.40. The zero-order valence-corrected chi connectivity index (χ0v) is 12.6. The molecule has 1 aliphatic heterocycles. The molecular weight excluding hydrogens is 355 g/mol. The molecule has 1 unspecified atom stereocenters. The van der Waals surface area contributed by atoms with Gasteiger partial charge in [-0.05, 0) is 54.1 Å². The lowest BCUT2D eigenvalue weighted by Crippen LogP contribution is -2.18. The highest BCUT2D eigenvalue weighted by Crippen LogP contribution is 2.25. The normalized spacial score (nSPS) is 20.4. The Kier molecular flexibility index (Phi) is 4.38. The monoisotopic (exact) mass is 366 g/mol. The van der Waals surface area contributed by atoms with E-state index in [1.165, 1.54) is 0 Å². The molecule has 1 aliphatic rings. The zero-order valence-electron chi connectivity index (χ0n) is 8.84. The van der Waals surface area contributed by atoms with Crippen molar-refractivity contribution < 1.29 is 0 Å². The van der Waals surface area contributed by atoms with Crippen LogP contribution in [-0.4, -0.2) is 17.0 Å². The van der Waals surface area contributed by atoms with Crippen molar-refractivity contribution in [3.63, 3.8) is 0 Å². The number of nitrogens with one attached hydrogen (secondary N) is 1. The molecule has 0 saturated carbocycles. The van der Waals surface area contributed by atoms with Crippen LogP contribution >= 0.6 is 46.0 Å². The summed E-state index contributed by atoms with van der Waals surface area (Å²) in [5.41, 5.74) is 1.07. The number of halogens is 2. The number of hydrogen-bond donors (Lipinski definition) is 1. The first-order valence-corrected chi connectivity index (χ1v) is 7.52. The average molecular weight is 367 g/mol. The van der Waals surface area contributed by atoms with E-state index in [1.807, 2.05) is 18.2 Å². The Morgan fingerprint density at radius 2 is 2.38 bits per heavy atom. The van der Waals surface area contributed by atoms with E-state index in [-0.39, 0.29) is 0 Å². The van der Waals surface area contributed by atoms with Gasteiger partial charge in [0.15, 0.2) is 5.17 Å². The molecule has 0 fully saturated rings. The summed E-state index contributed by atoms with van der Waals surface area (Å²) in [7, 11) is 0. The largest absolute Gasteiger partial charge is 0.334 e. The fraction of sp³-hybridized carbons (Fsp3) is 0.364. The van der Waals surface area contributed by atoms with Gasteiger partial charge in [-0.2, -0.15) is 0 Å². The number of nitrogens with zero attached hydrogens (tertiary/aromatic N) is 1. The van der Waals surface area contributed by atoms with E-state index in [0.717, 1.165) is 31.6 Å². The maximum atomic E-state index is 5.91. The predicted octanol–water partition coefficient (Wildman–Crippen LogP) is 4.24. The molecule has 0 amide bonds. The third-order valence-electron chi connectivity index (χ3n) is 2.28. The first-order valence-electron chi connectivity index (χ1n) is 5.08. The van der Waals surface area contributed by atoms with Crippen molar-refractivity contribution >= 4 is 56.8 Å². The van der Waals surface area contributed by atoms with Crippen molar-refractivity contribution in [2.75, 3.05) is 11.1 Å². The molecule has 16 heavy (non-hydrogen) atoms. The van der Waals surface area contributed by atoms with Gasteiger partial charge in [0.1, 0.15) is 0 Å². The van der Waals surface area contributed by atoms with Crippen molar-refractivity contribution in [3.05, 3.63) is 26.8 Å². The van der Waals surface area contributed by atoms with E-state index in [0.29, 0.717) is 6.04 Å². The molecule has 2 rings (SSSR count). The Bertz CT molecular complexity index is 422. The van der Waals surface area contributed by atoms with Crippen molar-refractivity contribution in [2.45, 2.75) is 19.4 Å². The number of hydrogen-bond acceptors (Lipinski definition) is 3. The Morgan fingerprint density at radius 1 is 1.56 bits per heavy atom. The molecule has 1 aromatic carbocycles. The quantitative estimate of drug-likeness (QED) is 0.752. The lowest BCUT2D eigenvalue weighted by atomic mass is 10.3. The van der Waals surface area contributed by atoms with E-state index in [9.17, 15) is 0 Å². The van der Waals surface area contributed by atoms with E-state index < -0.39 is 0 Å². The highest BCUT2D eigenvalue weighted by atomic mass is 127. The van der Waals surface area contributed by atoms with Crippen LogP contribution in [0.4, 0.5) is 5.69 Å².